The number of aliphatic carboxylic acids is 1. The molecule has 1 N–H and O–H groups in total. The Labute approximate surface area is 124 Å². The van der Waals surface area contributed by atoms with Crippen LogP contribution in [0.3, 0.4) is 0 Å². The second-order valence-corrected chi connectivity index (χ2v) is 5.67. The zero-order valence-corrected chi connectivity index (χ0v) is 12.4. The topological polar surface area (TPSA) is 40.5 Å². The van der Waals surface area contributed by atoms with E-state index in [0.29, 0.717) is 5.02 Å². The minimum absolute atomic E-state index is 0.596. The average molecular weight is 294 g/mol. The van der Waals surface area contributed by atoms with Crippen molar-refractivity contribution < 1.29 is 9.90 Å². The maximum Gasteiger partial charge on any atom is 0.328 e. The number of carboxylic acids is 1. The number of halogens is 1. The lowest BCUT2D eigenvalue weighted by Gasteiger charge is -2.19. The Hall–Kier alpha value is -1.48. The highest BCUT2D eigenvalue weighted by Gasteiger charge is 2.22. The number of carboxylic acid groups (broad SMARTS) is 1. The first kappa shape index (κ1) is 14.9. The van der Waals surface area contributed by atoms with Gasteiger partial charge in [0.1, 0.15) is 0 Å². The lowest BCUT2D eigenvalue weighted by molar-refractivity contribution is -0.131. The Morgan fingerprint density at radius 1 is 1.55 bits per heavy atom. The van der Waals surface area contributed by atoms with Crippen LogP contribution < -0.4 is 4.90 Å². The first-order valence-corrected chi connectivity index (χ1v) is 7.43. The van der Waals surface area contributed by atoms with Crippen LogP contribution in [0.1, 0.15) is 31.7 Å². The van der Waals surface area contributed by atoms with Gasteiger partial charge in [0.05, 0.1) is 0 Å². The third kappa shape index (κ3) is 3.76. The summed E-state index contributed by atoms with van der Waals surface area (Å²) in [6, 6.07) is 5.82. The molecular formula is C16H20ClNO2. The molecule has 1 aromatic carbocycles. The molecule has 1 saturated heterocycles. The lowest BCUT2D eigenvalue weighted by atomic mass is 10.0. The number of hydrogen-bond donors (Lipinski definition) is 1. The van der Waals surface area contributed by atoms with Crippen molar-refractivity contribution in [2.24, 2.45) is 5.92 Å². The first-order valence-electron chi connectivity index (χ1n) is 7.05. The zero-order chi connectivity index (χ0) is 14.5. The average Bonchev–Trinajstić information content (AvgIpc) is 2.86. The summed E-state index contributed by atoms with van der Waals surface area (Å²) in [6.07, 6.45) is 6.39. The van der Waals surface area contributed by atoms with E-state index in [1.165, 1.54) is 25.3 Å². The van der Waals surface area contributed by atoms with E-state index < -0.39 is 5.97 Å². The third-order valence-corrected chi connectivity index (χ3v) is 4.06. The second-order valence-electron chi connectivity index (χ2n) is 5.27. The van der Waals surface area contributed by atoms with Gasteiger partial charge in [-0.05, 0) is 42.5 Å². The molecule has 1 aliphatic rings. The van der Waals surface area contributed by atoms with Crippen LogP contribution in [0.5, 0.6) is 0 Å². The molecule has 0 aliphatic carbocycles. The summed E-state index contributed by atoms with van der Waals surface area (Å²) in [5.74, 6) is -0.183. The molecular weight excluding hydrogens is 274 g/mol. The highest BCUT2D eigenvalue weighted by atomic mass is 35.5. The van der Waals surface area contributed by atoms with Gasteiger partial charge in [0.2, 0.25) is 0 Å². The van der Waals surface area contributed by atoms with E-state index in [2.05, 4.69) is 11.8 Å². The fraction of sp³-hybridized carbons (Fsp3) is 0.438. The number of benzene rings is 1. The Balaban J connectivity index is 2.08. The van der Waals surface area contributed by atoms with Crippen molar-refractivity contribution in [1.82, 2.24) is 0 Å². The van der Waals surface area contributed by atoms with E-state index in [9.17, 15) is 4.79 Å². The van der Waals surface area contributed by atoms with Crippen LogP contribution in [-0.4, -0.2) is 24.2 Å². The van der Waals surface area contributed by atoms with Crippen LogP contribution in [0.4, 0.5) is 5.69 Å². The van der Waals surface area contributed by atoms with Gasteiger partial charge < -0.3 is 10.0 Å². The summed E-state index contributed by atoms with van der Waals surface area (Å²) in [4.78, 5) is 12.9. The van der Waals surface area contributed by atoms with Gasteiger partial charge in [-0.25, -0.2) is 4.79 Å². The van der Waals surface area contributed by atoms with E-state index in [1.807, 2.05) is 18.2 Å². The van der Waals surface area contributed by atoms with Crippen molar-refractivity contribution in [3.05, 3.63) is 34.9 Å². The third-order valence-electron chi connectivity index (χ3n) is 3.74. The summed E-state index contributed by atoms with van der Waals surface area (Å²) in [7, 11) is 0. The summed E-state index contributed by atoms with van der Waals surface area (Å²) < 4.78 is 0. The van der Waals surface area contributed by atoms with Crippen LogP contribution in [-0.2, 0) is 4.79 Å². The minimum Gasteiger partial charge on any atom is -0.478 e. The molecule has 0 aromatic heterocycles. The molecule has 0 radical (unpaired) electrons. The van der Waals surface area contributed by atoms with Crippen molar-refractivity contribution in [2.75, 3.05) is 18.0 Å². The maximum atomic E-state index is 10.5. The molecule has 0 spiro atoms. The number of nitrogens with zero attached hydrogens (tertiary/aromatic N) is 1. The molecule has 0 saturated carbocycles. The van der Waals surface area contributed by atoms with E-state index >= 15 is 0 Å². The second kappa shape index (κ2) is 6.80. The Kier molecular flexibility index (Phi) is 5.07. The Morgan fingerprint density at radius 2 is 2.35 bits per heavy atom. The molecule has 1 unspecified atom stereocenters. The summed E-state index contributed by atoms with van der Waals surface area (Å²) >= 11 is 6.22. The molecule has 2 rings (SSSR count). The van der Waals surface area contributed by atoms with Gasteiger partial charge in [-0.1, -0.05) is 31.0 Å². The normalized spacial score (nSPS) is 18.9. The van der Waals surface area contributed by atoms with Gasteiger partial charge in [-0.2, -0.15) is 0 Å². The predicted molar refractivity (Wildman–Crippen MR) is 83.3 cm³/mol. The molecule has 1 aromatic rings. The van der Waals surface area contributed by atoms with E-state index in [0.717, 1.165) is 36.3 Å². The maximum absolute atomic E-state index is 10.5. The summed E-state index contributed by atoms with van der Waals surface area (Å²) in [5, 5.41) is 9.23. The summed E-state index contributed by atoms with van der Waals surface area (Å²) in [6.45, 7) is 4.39. The molecule has 0 amide bonds. The number of anilines is 1. The fourth-order valence-electron chi connectivity index (χ4n) is 2.72. The molecule has 1 heterocycles. The van der Waals surface area contributed by atoms with Gasteiger partial charge >= 0.3 is 5.97 Å². The molecule has 1 aliphatic heterocycles. The highest BCUT2D eigenvalue weighted by Crippen LogP contribution is 2.30. The Morgan fingerprint density at radius 3 is 3.00 bits per heavy atom. The largest absolute Gasteiger partial charge is 0.478 e. The molecule has 1 atom stereocenters. The smallest absolute Gasteiger partial charge is 0.328 e. The predicted octanol–water partition coefficient (Wildman–Crippen LogP) is 4.06. The minimum atomic E-state index is -0.966. The first-order chi connectivity index (χ1) is 9.60. The van der Waals surface area contributed by atoms with E-state index in [-0.39, 0.29) is 0 Å². The highest BCUT2D eigenvalue weighted by molar-refractivity contribution is 6.32. The van der Waals surface area contributed by atoms with Gasteiger partial charge in [0, 0.05) is 29.9 Å². The van der Waals surface area contributed by atoms with Gasteiger partial charge in [-0.3, -0.25) is 0 Å². The summed E-state index contributed by atoms with van der Waals surface area (Å²) in [5.41, 5.74) is 1.86. The van der Waals surface area contributed by atoms with Crippen molar-refractivity contribution in [1.29, 1.82) is 0 Å². The van der Waals surface area contributed by atoms with Crippen LogP contribution in [0.25, 0.3) is 6.08 Å². The molecule has 1 fully saturated rings. The van der Waals surface area contributed by atoms with Crippen LogP contribution in [0.2, 0.25) is 5.02 Å². The van der Waals surface area contributed by atoms with Crippen molar-refractivity contribution in [2.45, 2.75) is 26.2 Å². The number of carbonyl (C=O) groups is 1. The number of hydrogen-bond acceptors (Lipinski definition) is 2. The molecule has 108 valence electrons. The standard InChI is InChI=1S/C16H20ClNO2/c1-2-3-12-8-9-18(11-12)14-6-4-13(15(17)10-14)5-7-16(19)20/h4-7,10,12H,2-3,8-9,11H2,1H3,(H,19,20)/b7-5+. The molecule has 4 heteroatoms. The lowest BCUT2D eigenvalue weighted by Crippen LogP contribution is -2.19. The number of rotatable bonds is 5. The SMILES string of the molecule is CCCC1CCN(c2ccc(/C=C/C(=O)O)c(Cl)c2)C1. The van der Waals surface area contributed by atoms with Crippen molar-refractivity contribution in [3.63, 3.8) is 0 Å². The van der Waals surface area contributed by atoms with Gasteiger partial charge in [0.15, 0.2) is 0 Å². The quantitative estimate of drug-likeness (QED) is 0.832. The van der Waals surface area contributed by atoms with Crippen molar-refractivity contribution >= 4 is 29.3 Å². The fourth-order valence-corrected chi connectivity index (χ4v) is 2.96. The molecule has 20 heavy (non-hydrogen) atoms. The van der Waals surface area contributed by atoms with Crippen LogP contribution >= 0.6 is 11.6 Å². The monoisotopic (exact) mass is 293 g/mol. The van der Waals surface area contributed by atoms with Crippen LogP contribution in [0, 0.1) is 5.92 Å². The Bertz CT molecular complexity index is 513. The van der Waals surface area contributed by atoms with E-state index in [1.54, 1.807) is 0 Å². The van der Waals surface area contributed by atoms with Crippen molar-refractivity contribution in [3.8, 4) is 0 Å². The zero-order valence-electron chi connectivity index (χ0n) is 11.7. The molecule has 0 bridgehead atoms. The van der Waals surface area contributed by atoms with Gasteiger partial charge in [-0.15, -0.1) is 0 Å². The van der Waals surface area contributed by atoms with E-state index in [4.69, 9.17) is 16.7 Å². The molecule has 3 nitrogen and oxygen atoms in total. The van der Waals surface area contributed by atoms with Crippen LogP contribution in [0.15, 0.2) is 24.3 Å². The van der Waals surface area contributed by atoms with Gasteiger partial charge in [0.25, 0.3) is 0 Å².